The Morgan fingerprint density at radius 3 is 2.53 bits per heavy atom. The van der Waals surface area contributed by atoms with E-state index in [1.54, 1.807) is 29.2 Å². The lowest BCUT2D eigenvalue weighted by atomic mass is 10.1. The third-order valence-electron chi connectivity index (χ3n) is 5.64. The average Bonchev–Trinajstić information content (AvgIpc) is 3.57. The zero-order valence-corrected chi connectivity index (χ0v) is 19.3. The minimum atomic E-state index is -2.82. The van der Waals surface area contributed by atoms with E-state index in [0.717, 1.165) is 11.1 Å². The number of urea groups is 1. The van der Waals surface area contributed by atoms with Gasteiger partial charge in [0, 0.05) is 29.9 Å². The monoisotopic (exact) mass is 496 g/mol. The highest BCUT2D eigenvalue weighted by Crippen LogP contribution is 2.25. The molecule has 186 valence electrons. The van der Waals surface area contributed by atoms with Crippen LogP contribution in [0.15, 0.2) is 46.9 Å². The van der Waals surface area contributed by atoms with Gasteiger partial charge in [-0.05, 0) is 41.5 Å². The summed E-state index contributed by atoms with van der Waals surface area (Å²) in [6.07, 6.45) is -2.82. The fourth-order valence-electron chi connectivity index (χ4n) is 3.64. The van der Waals surface area contributed by atoms with Crippen molar-refractivity contribution >= 4 is 11.7 Å². The molecule has 4 aromatic rings. The first-order chi connectivity index (χ1) is 17.5. The molecule has 1 fully saturated rings. The number of morpholine rings is 1. The number of tetrazole rings is 1. The number of hydrogen-bond acceptors (Lipinski definition) is 8. The SMILES string of the molecule is Cc1ccc(-c2nnn(Cc3ccc(-c4nnc(C(F)F)o4)cc3)n2)cc1NC(=O)N1CCOCC1. The Kier molecular flexibility index (Phi) is 6.62. The van der Waals surface area contributed by atoms with E-state index in [-0.39, 0.29) is 11.9 Å². The van der Waals surface area contributed by atoms with Gasteiger partial charge in [-0.1, -0.05) is 24.3 Å². The van der Waals surface area contributed by atoms with Gasteiger partial charge in [-0.15, -0.1) is 20.4 Å². The summed E-state index contributed by atoms with van der Waals surface area (Å²) in [5.41, 5.74) is 3.68. The molecule has 0 spiro atoms. The Bertz CT molecular complexity index is 1350. The van der Waals surface area contributed by atoms with Gasteiger partial charge in [0.15, 0.2) is 0 Å². The van der Waals surface area contributed by atoms with Crippen LogP contribution in [0.4, 0.5) is 19.3 Å². The molecular formula is C23H22F2N8O3. The molecule has 1 aliphatic heterocycles. The predicted molar refractivity (Wildman–Crippen MR) is 123 cm³/mol. The molecule has 2 amide bonds. The largest absolute Gasteiger partial charge is 0.415 e. The number of nitrogens with one attached hydrogen (secondary N) is 1. The molecule has 2 aromatic heterocycles. The Labute approximate surface area is 204 Å². The van der Waals surface area contributed by atoms with E-state index in [2.05, 4.69) is 30.9 Å². The Hall–Kier alpha value is -4.26. The quantitative estimate of drug-likeness (QED) is 0.430. The fourth-order valence-corrected chi connectivity index (χ4v) is 3.64. The second-order valence-corrected chi connectivity index (χ2v) is 8.15. The maximum absolute atomic E-state index is 12.7. The summed E-state index contributed by atoms with van der Waals surface area (Å²) in [7, 11) is 0. The molecule has 11 nitrogen and oxygen atoms in total. The van der Waals surface area contributed by atoms with Crippen molar-refractivity contribution in [3.8, 4) is 22.8 Å². The summed E-state index contributed by atoms with van der Waals surface area (Å²) in [5.74, 6) is -0.277. The van der Waals surface area contributed by atoms with Crippen LogP contribution in [-0.4, -0.2) is 67.6 Å². The molecule has 3 heterocycles. The summed E-state index contributed by atoms with van der Waals surface area (Å²) in [4.78, 5) is 15.7. The van der Waals surface area contributed by atoms with Gasteiger partial charge >= 0.3 is 12.5 Å². The van der Waals surface area contributed by atoms with Gasteiger partial charge in [0.2, 0.25) is 11.7 Å². The minimum Gasteiger partial charge on any atom is -0.415 e. The van der Waals surface area contributed by atoms with Gasteiger partial charge in [0.05, 0.1) is 19.8 Å². The maximum atomic E-state index is 12.7. The maximum Gasteiger partial charge on any atom is 0.322 e. The fraction of sp³-hybridized carbons (Fsp3) is 0.304. The number of nitrogens with zero attached hydrogens (tertiary/aromatic N) is 7. The van der Waals surface area contributed by atoms with E-state index in [1.807, 2.05) is 25.1 Å². The summed E-state index contributed by atoms with van der Waals surface area (Å²) in [6.45, 7) is 4.40. The first-order valence-electron chi connectivity index (χ1n) is 11.2. The van der Waals surface area contributed by atoms with E-state index in [0.29, 0.717) is 55.5 Å². The number of alkyl halides is 2. The normalized spacial score (nSPS) is 13.8. The van der Waals surface area contributed by atoms with E-state index in [4.69, 9.17) is 9.15 Å². The van der Waals surface area contributed by atoms with Crippen molar-refractivity contribution in [2.45, 2.75) is 19.9 Å². The molecule has 5 rings (SSSR count). The molecular weight excluding hydrogens is 474 g/mol. The van der Waals surface area contributed by atoms with Gasteiger partial charge in [-0.3, -0.25) is 0 Å². The van der Waals surface area contributed by atoms with Crippen molar-refractivity contribution in [1.82, 2.24) is 35.3 Å². The van der Waals surface area contributed by atoms with Crippen LogP contribution in [0.2, 0.25) is 0 Å². The van der Waals surface area contributed by atoms with Crippen LogP contribution in [0.1, 0.15) is 23.4 Å². The van der Waals surface area contributed by atoms with Gasteiger partial charge in [0.1, 0.15) is 0 Å². The number of carbonyl (C=O) groups excluding carboxylic acids is 1. The smallest absolute Gasteiger partial charge is 0.322 e. The second kappa shape index (κ2) is 10.2. The first kappa shape index (κ1) is 23.5. The van der Waals surface area contributed by atoms with Crippen molar-refractivity contribution in [2.75, 3.05) is 31.6 Å². The van der Waals surface area contributed by atoms with Gasteiger partial charge in [0.25, 0.3) is 5.89 Å². The zero-order valence-electron chi connectivity index (χ0n) is 19.3. The molecule has 1 aliphatic rings. The standard InChI is InChI=1S/C23H22F2N8O3/c1-14-2-5-17(12-18(14)26-23(34)32-8-10-35-11-9-32)20-27-31-33(30-20)13-15-3-6-16(7-4-15)21-28-29-22(36-21)19(24)25/h2-7,12,19H,8-11,13H2,1H3,(H,26,34). The van der Waals surface area contributed by atoms with Crippen LogP contribution in [0.3, 0.4) is 0 Å². The van der Waals surface area contributed by atoms with Crippen molar-refractivity contribution in [3.63, 3.8) is 0 Å². The predicted octanol–water partition coefficient (Wildman–Crippen LogP) is 3.55. The van der Waals surface area contributed by atoms with Crippen LogP contribution in [-0.2, 0) is 11.3 Å². The highest BCUT2D eigenvalue weighted by molar-refractivity contribution is 5.91. The van der Waals surface area contributed by atoms with Crippen molar-refractivity contribution in [2.24, 2.45) is 0 Å². The van der Waals surface area contributed by atoms with E-state index in [1.165, 1.54) is 4.80 Å². The van der Waals surface area contributed by atoms with Crippen LogP contribution >= 0.6 is 0 Å². The van der Waals surface area contributed by atoms with E-state index in [9.17, 15) is 13.6 Å². The van der Waals surface area contributed by atoms with E-state index >= 15 is 0 Å². The number of rotatable bonds is 6. The van der Waals surface area contributed by atoms with Gasteiger partial charge < -0.3 is 19.4 Å². The lowest BCUT2D eigenvalue weighted by molar-refractivity contribution is 0.0564. The Morgan fingerprint density at radius 2 is 1.81 bits per heavy atom. The number of aromatic nitrogens is 6. The van der Waals surface area contributed by atoms with Crippen LogP contribution in [0.25, 0.3) is 22.8 Å². The average molecular weight is 496 g/mol. The van der Waals surface area contributed by atoms with E-state index < -0.39 is 12.3 Å². The molecule has 0 atom stereocenters. The summed E-state index contributed by atoms with van der Waals surface area (Å²) in [5, 5.41) is 22.6. The number of ether oxygens (including phenoxy) is 1. The second-order valence-electron chi connectivity index (χ2n) is 8.15. The number of aryl methyl sites for hydroxylation is 1. The van der Waals surface area contributed by atoms with Gasteiger partial charge in [-0.2, -0.15) is 13.6 Å². The third kappa shape index (κ3) is 5.20. The molecule has 0 unspecified atom stereocenters. The number of amides is 2. The molecule has 0 bridgehead atoms. The number of anilines is 1. The third-order valence-corrected chi connectivity index (χ3v) is 5.64. The van der Waals surface area contributed by atoms with Gasteiger partial charge in [-0.25, -0.2) is 4.79 Å². The number of carbonyl (C=O) groups is 1. The number of benzene rings is 2. The molecule has 0 saturated carbocycles. The number of hydrogen-bond donors (Lipinski definition) is 1. The molecule has 1 N–H and O–H groups in total. The molecule has 2 aromatic carbocycles. The van der Waals surface area contributed by atoms with Crippen molar-refractivity contribution in [3.05, 3.63) is 59.5 Å². The summed E-state index contributed by atoms with van der Waals surface area (Å²) < 4.78 is 35.6. The molecule has 13 heteroatoms. The molecule has 0 aliphatic carbocycles. The highest BCUT2D eigenvalue weighted by atomic mass is 19.3. The highest BCUT2D eigenvalue weighted by Gasteiger charge is 2.19. The van der Waals surface area contributed by atoms with Crippen LogP contribution < -0.4 is 5.32 Å². The summed E-state index contributed by atoms with van der Waals surface area (Å²) >= 11 is 0. The minimum absolute atomic E-state index is 0.0221. The van der Waals surface area contributed by atoms with Crippen LogP contribution in [0, 0.1) is 6.92 Å². The lowest BCUT2D eigenvalue weighted by Gasteiger charge is -2.27. The first-order valence-corrected chi connectivity index (χ1v) is 11.2. The topological polar surface area (TPSA) is 124 Å². The summed E-state index contributed by atoms with van der Waals surface area (Å²) in [6, 6.07) is 12.4. The lowest BCUT2D eigenvalue weighted by Crippen LogP contribution is -2.43. The molecule has 36 heavy (non-hydrogen) atoms. The van der Waals surface area contributed by atoms with Crippen molar-refractivity contribution < 1.29 is 22.7 Å². The van der Waals surface area contributed by atoms with Crippen molar-refractivity contribution in [1.29, 1.82) is 0 Å². The van der Waals surface area contributed by atoms with Crippen LogP contribution in [0.5, 0.6) is 0 Å². The number of halogens is 2. The molecule has 1 saturated heterocycles. The molecule has 0 radical (unpaired) electrons. The zero-order chi connectivity index (χ0) is 25.1. The Morgan fingerprint density at radius 1 is 1.06 bits per heavy atom. The Balaban J connectivity index is 1.26.